The summed E-state index contributed by atoms with van der Waals surface area (Å²) in [7, 11) is 0. The van der Waals surface area contributed by atoms with Gasteiger partial charge in [-0.25, -0.2) is 4.79 Å². The van der Waals surface area contributed by atoms with E-state index in [4.69, 9.17) is 9.15 Å². The number of fused-ring (bicyclic) bond motifs is 3. The second-order valence-corrected chi connectivity index (χ2v) is 6.96. The first-order chi connectivity index (χ1) is 11.3. The SMILES string of the molecule is Cc1c(OCC(=O)C(C)(C)C)ccc2c1oc(=O)c1ccccc12. The van der Waals surface area contributed by atoms with Crippen molar-refractivity contribution in [3.05, 3.63) is 52.4 Å². The van der Waals surface area contributed by atoms with Gasteiger partial charge in [0, 0.05) is 16.4 Å². The Hall–Kier alpha value is -2.62. The molecule has 0 aliphatic carbocycles. The molecular formula is C20H20O4. The smallest absolute Gasteiger partial charge is 0.344 e. The summed E-state index contributed by atoms with van der Waals surface area (Å²) in [6, 6.07) is 11.0. The Labute approximate surface area is 140 Å². The molecule has 0 atom stereocenters. The standard InChI is InChI=1S/C20H20O4/c1-12-16(23-11-17(21)20(2,3)4)10-9-14-13-7-5-6-8-15(13)19(22)24-18(12)14/h5-10H,11H2,1-4H3. The van der Waals surface area contributed by atoms with Gasteiger partial charge < -0.3 is 9.15 Å². The Kier molecular flexibility index (Phi) is 3.91. The second kappa shape index (κ2) is 5.78. The van der Waals surface area contributed by atoms with Gasteiger partial charge in [-0.1, -0.05) is 39.0 Å². The van der Waals surface area contributed by atoms with Crippen LogP contribution in [-0.4, -0.2) is 12.4 Å². The number of benzene rings is 2. The summed E-state index contributed by atoms with van der Waals surface area (Å²) in [5.74, 6) is 0.570. The molecule has 0 aliphatic rings. The van der Waals surface area contributed by atoms with Gasteiger partial charge in [0.2, 0.25) is 0 Å². The van der Waals surface area contributed by atoms with Gasteiger partial charge in [-0.05, 0) is 30.5 Å². The van der Waals surface area contributed by atoms with Crippen LogP contribution in [0.5, 0.6) is 5.75 Å². The maximum absolute atomic E-state index is 12.2. The lowest BCUT2D eigenvalue weighted by Gasteiger charge is -2.17. The first-order valence-electron chi connectivity index (χ1n) is 7.90. The summed E-state index contributed by atoms with van der Waals surface area (Å²) in [5, 5.41) is 2.27. The number of rotatable bonds is 3. The molecule has 2 aromatic carbocycles. The van der Waals surface area contributed by atoms with E-state index in [1.165, 1.54) is 0 Å². The number of carbonyl (C=O) groups is 1. The zero-order valence-electron chi connectivity index (χ0n) is 14.3. The number of ether oxygens (including phenoxy) is 1. The fourth-order valence-corrected chi connectivity index (χ4v) is 2.58. The number of aryl methyl sites for hydroxylation is 1. The van der Waals surface area contributed by atoms with E-state index in [0.29, 0.717) is 16.7 Å². The van der Waals surface area contributed by atoms with Gasteiger partial charge in [0.1, 0.15) is 17.9 Å². The lowest BCUT2D eigenvalue weighted by Crippen LogP contribution is -2.26. The third-order valence-electron chi connectivity index (χ3n) is 4.18. The van der Waals surface area contributed by atoms with Crippen LogP contribution in [0.4, 0.5) is 0 Å². The summed E-state index contributed by atoms with van der Waals surface area (Å²) in [6.45, 7) is 7.40. The number of hydrogen-bond donors (Lipinski definition) is 0. The molecule has 0 radical (unpaired) electrons. The van der Waals surface area contributed by atoms with E-state index in [1.807, 2.05) is 58.0 Å². The summed E-state index contributed by atoms with van der Waals surface area (Å²) in [4.78, 5) is 24.2. The van der Waals surface area contributed by atoms with Gasteiger partial charge in [-0.15, -0.1) is 0 Å². The molecule has 24 heavy (non-hydrogen) atoms. The van der Waals surface area contributed by atoms with Crippen molar-refractivity contribution in [3.63, 3.8) is 0 Å². The third-order valence-corrected chi connectivity index (χ3v) is 4.18. The van der Waals surface area contributed by atoms with Crippen molar-refractivity contribution in [2.45, 2.75) is 27.7 Å². The second-order valence-electron chi connectivity index (χ2n) is 6.96. The lowest BCUT2D eigenvalue weighted by atomic mass is 9.91. The van der Waals surface area contributed by atoms with Crippen molar-refractivity contribution in [2.75, 3.05) is 6.61 Å². The van der Waals surface area contributed by atoms with Gasteiger partial charge in [0.05, 0.1) is 5.39 Å². The lowest BCUT2D eigenvalue weighted by molar-refractivity contribution is -0.128. The highest BCUT2D eigenvalue weighted by atomic mass is 16.5. The minimum absolute atomic E-state index is 0.00629. The molecule has 0 fully saturated rings. The predicted molar refractivity (Wildman–Crippen MR) is 94.7 cm³/mol. The maximum atomic E-state index is 12.2. The van der Waals surface area contributed by atoms with Crippen molar-refractivity contribution >= 4 is 27.5 Å². The van der Waals surface area contributed by atoms with Gasteiger partial charge >= 0.3 is 5.63 Å². The van der Waals surface area contributed by atoms with Crippen molar-refractivity contribution in [2.24, 2.45) is 5.41 Å². The highest BCUT2D eigenvalue weighted by Crippen LogP contribution is 2.31. The first kappa shape index (κ1) is 16.2. The van der Waals surface area contributed by atoms with E-state index < -0.39 is 5.41 Å². The summed E-state index contributed by atoms with van der Waals surface area (Å²) < 4.78 is 11.2. The van der Waals surface area contributed by atoms with Crippen LogP contribution >= 0.6 is 0 Å². The van der Waals surface area contributed by atoms with Crippen LogP contribution < -0.4 is 10.4 Å². The molecule has 0 aliphatic heterocycles. The Morgan fingerprint density at radius 3 is 2.38 bits per heavy atom. The number of ketones is 1. The molecule has 1 heterocycles. The molecule has 3 rings (SSSR count). The molecule has 4 nitrogen and oxygen atoms in total. The fourth-order valence-electron chi connectivity index (χ4n) is 2.58. The zero-order chi connectivity index (χ0) is 17.5. The normalized spacial score (nSPS) is 11.8. The molecular weight excluding hydrogens is 304 g/mol. The molecule has 4 heteroatoms. The number of carbonyl (C=O) groups excluding carboxylic acids is 1. The minimum atomic E-state index is -0.451. The molecule has 0 amide bonds. The fraction of sp³-hybridized carbons (Fsp3) is 0.300. The highest BCUT2D eigenvalue weighted by molar-refractivity contribution is 6.05. The zero-order valence-corrected chi connectivity index (χ0v) is 14.3. The van der Waals surface area contributed by atoms with Gasteiger partial charge in [0.15, 0.2) is 5.78 Å². The Morgan fingerprint density at radius 1 is 1.04 bits per heavy atom. The van der Waals surface area contributed by atoms with Crippen molar-refractivity contribution in [1.82, 2.24) is 0 Å². The van der Waals surface area contributed by atoms with Crippen LogP contribution in [0.1, 0.15) is 26.3 Å². The molecule has 0 spiro atoms. The van der Waals surface area contributed by atoms with E-state index in [0.717, 1.165) is 16.3 Å². The van der Waals surface area contributed by atoms with E-state index in [-0.39, 0.29) is 18.0 Å². The molecule has 0 saturated carbocycles. The van der Waals surface area contributed by atoms with Crippen LogP contribution in [0.15, 0.2) is 45.6 Å². The van der Waals surface area contributed by atoms with Gasteiger partial charge in [0.25, 0.3) is 0 Å². The molecule has 3 aromatic rings. The molecule has 0 N–H and O–H groups in total. The summed E-state index contributed by atoms with van der Waals surface area (Å²) >= 11 is 0. The van der Waals surface area contributed by atoms with Crippen LogP contribution in [0, 0.1) is 12.3 Å². The average molecular weight is 324 g/mol. The monoisotopic (exact) mass is 324 g/mol. The van der Waals surface area contributed by atoms with Crippen LogP contribution in [0.3, 0.4) is 0 Å². The topological polar surface area (TPSA) is 56.5 Å². The van der Waals surface area contributed by atoms with E-state index in [9.17, 15) is 9.59 Å². The molecule has 124 valence electrons. The largest absolute Gasteiger partial charge is 0.485 e. The Bertz CT molecular complexity index is 990. The molecule has 0 unspecified atom stereocenters. The van der Waals surface area contributed by atoms with Crippen LogP contribution in [-0.2, 0) is 4.79 Å². The van der Waals surface area contributed by atoms with E-state index in [1.54, 1.807) is 6.07 Å². The summed E-state index contributed by atoms with van der Waals surface area (Å²) in [5.41, 5.74) is 0.397. The van der Waals surface area contributed by atoms with Crippen molar-refractivity contribution in [1.29, 1.82) is 0 Å². The van der Waals surface area contributed by atoms with E-state index in [2.05, 4.69) is 0 Å². The Balaban J connectivity index is 2.07. The van der Waals surface area contributed by atoms with Gasteiger partial charge in [-0.2, -0.15) is 0 Å². The number of hydrogen-bond acceptors (Lipinski definition) is 4. The predicted octanol–water partition coefficient (Wildman–Crippen LogP) is 4.25. The third kappa shape index (κ3) is 2.80. The maximum Gasteiger partial charge on any atom is 0.344 e. The highest BCUT2D eigenvalue weighted by Gasteiger charge is 2.22. The van der Waals surface area contributed by atoms with Crippen molar-refractivity contribution < 1.29 is 13.9 Å². The Morgan fingerprint density at radius 2 is 1.71 bits per heavy atom. The quantitative estimate of drug-likeness (QED) is 0.534. The first-order valence-corrected chi connectivity index (χ1v) is 7.90. The minimum Gasteiger partial charge on any atom is -0.485 e. The molecule has 0 bridgehead atoms. The van der Waals surface area contributed by atoms with E-state index >= 15 is 0 Å². The number of Topliss-reactive ketones (excluding diaryl/α,β-unsaturated/α-hetero) is 1. The van der Waals surface area contributed by atoms with Crippen LogP contribution in [0.25, 0.3) is 21.7 Å². The van der Waals surface area contributed by atoms with Crippen molar-refractivity contribution in [3.8, 4) is 5.75 Å². The van der Waals surface area contributed by atoms with Crippen LogP contribution in [0.2, 0.25) is 0 Å². The summed E-state index contributed by atoms with van der Waals surface area (Å²) in [6.07, 6.45) is 0. The average Bonchev–Trinajstić information content (AvgIpc) is 2.54. The molecule has 0 saturated heterocycles. The van der Waals surface area contributed by atoms with Gasteiger partial charge in [-0.3, -0.25) is 4.79 Å². The molecule has 1 aromatic heterocycles.